The Morgan fingerprint density at radius 3 is 2.74 bits per heavy atom. The topological polar surface area (TPSA) is 38.9 Å². The predicted octanol–water partition coefficient (Wildman–Crippen LogP) is 4.42. The molecular weight excluding hydrogens is 299 g/mol. The maximum absolute atomic E-state index is 6.23. The fourth-order valence-corrected chi connectivity index (χ4v) is 2.92. The Bertz CT molecular complexity index is 683. The second kappa shape index (κ2) is 5.88. The fraction of sp³-hybridized carbons (Fsp3) is 0.0714. The van der Waals surface area contributed by atoms with Crippen LogP contribution in [0, 0.1) is 0 Å². The molecule has 0 fully saturated rings. The van der Waals surface area contributed by atoms with Gasteiger partial charge in [0, 0.05) is 10.9 Å². The Morgan fingerprint density at radius 2 is 2.00 bits per heavy atom. The van der Waals surface area contributed by atoms with Crippen LogP contribution in [0.3, 0.4) is 0 Å². The van der Waals surface area contributed by atoms with E-state index in [1.807, 2.05) is 47.2 Å². The molecule has 98 valence electrons. The third-order valence-corrected chi connectivity index (χ3v) is 3.95. The van der Waals surface area contributed by atoms with E-state index >= 15 is 0 Å². The lowest BCUT2D eigenvalue weighted by atomic mass is 10.0. The minimum atomic E-state index is -0.221. The third kappa shape index (κ3) is 2.74. The summed E-state index contributed by atoms with van der Waals surface area (Å²) in [6.07, 6.45) is 0. The minimum Gasteiger partial charge on any atom is -0.320 e. The van der Waals surface area contributed by atoms with Crippen molar-refractivity contribution in [3.8, 4) is 0 Å². The largest absolute Gasteiger partial charge is 0.320 e. The molecule has 2 heterocycles. The highest BCUT2D eigenvalue weighted by molar-refractivity contribution is 7.08. The van der Waals surface area contributed by atoms with Gasteiger partial charge in [-0.2, -0.15) is 11.3 Å². The van der Waals surface area contributed by atoms with Crippen LogP contribution < -0.4 is 5.73 Å². The van der Waals surface area contributed by atoms with E-state index in [4.69, 9.17) is 17.3 Å². The molecular formula is C14H12Cl2N2S. The van der Waals surface area contributed by atoms with Crippen molar-refractivity contribution in [1.29, 1.82) is 0 Å². The summed E-state index contributed by atoms with van der Waals surface area (Å²) in [5, 5.41) is 5.59. The van der Waals surface area contributed by atoms with Gasteiger partial charge in [-0.3, -0.25) is 0 Å². The molecule has 0 saturated heterocycles. The van der Waals surface area contributed by atoms with Gasteiger partial charge in [0.2, 0.25) is 0 Å². The molecule has 1 aromatic carbocycles. The van der Waals surface area contributed by atoms with Gasteiger partial charge in [-0.05, 0) is 34.5 Å². The SMILES string of the molecule is Cl.N[C@H](c1ccsc1)c1cc2ccccc2nc1Cl. The third-order valence-electron chi connectivity index (χ3n) is 2.94. The van der Waals surface area contributed by atoms with Crippen molar-refractivity contribution in [3.05, 3.63) is 63.4 Å². The van der Waals surface area contributed by atoms with Crippen LogP contribution in [0.1, 0.15) is 17.2 Å². The molecule has 0 unspecified atom stereocenters. The maximum Gasteiger partial charge on any atom is 0.134 e. The van der Waals surface area contributed by atoms with Crippen LogP contribution in [0.4, 0.5) is 0 Å². The number of para-hydroxylation sites is 1. The molecule has 0 bridgehead atoms. The van der Waals surface area contributed by atoms with Crippen LogP contribution in [0.2, 0.25) is 5.15 Å². The number of nitrogens with two attached hydrogens (primary N) is 1. The van der Waals surface area contributed by atoms with Gasteiger partial charge in [-0.1, -0.05) is 29.8 Å². The number of hydrogen-bond donors (Lipinski definition) is 1. The van der Waals surface area contributed by atoms with Crippen LogP contribution in [0.5, 0.6) is 0 Å². The van der Waals surface area contributed by atoms with Crippen molar-refractivity contribution in [1.82, 2.24) is 4.98 Å². The zero-order chi connectivity index (χ0) is 12.5. The average molecular weight is 311 g/mol. The minimum absolute atomic E-state index is 0. The molecule has 2 aromatic heterocycles. The Hall–Kier alpha value is -1.13. The second-order valence-corrected chi connectivity index (χ2v) is 5.23. The predicted molar refractivity (Wildman–Crippen MR) is 84.4 cm³/mol. The molecule has 3 aromatic rings. The maximum atomic E-state index is 6.23. The van der Waals surface area contributed by atoms with Gasteiger partial charge >= 0.3 is 0 Å². The quantitative estimate of drug-likeness (QED) is 0.712. The molecule has 19 heavy (non-hydrogen) atoms. The highest BCUT2D eigenvalue weighted by Crippen LogP contribution is 2.29. The number of aromatic nitrogens is 1. The highest BCUT2D eigenvalue weighted by atomic mass is 35.5. The Labute approximate surface area is 126 Å². The molecule has 5 heteroatoms. The average Bonchev–Trinajstić information content (AvgIpc) is 2.91. The van der Waals surface area contributed by atoms with E-state index in [2.05, 4.69) is 4.98 Å². The Kier molecular flexibility index (Phi) is 4.42. The standard InChI is InChI=1S/C14H11ClN2S.ClH/c15-14-11(13(16)10-5-6-18-8-10)7-9-3-1-2-4-12(9)17-14;/h1-8,13H,16H2;1H/t13-;/m1./s1. The summed E-state index contributed by atoms with van der Waals surface area (Å²) < 4.78 is 0. The van der Waals surface area contributed by atoms with Crippen molar-refractivity contribution in [2.45, 2.75) is 6.04 Å². The molecule has 2 nitrogen and oxygen atoms in total. The zero-order valence-electron chi connectivity index (χ0n) is 9.92. The van der Waals surface area contributed by atoms with E-state index in [1.165, 1.54) is 0 Å². The Balaban J connectivity index is 0.00000133. The smallest absolute Gasteiger partial charge is 0.134 e. The number of halogens is 2. The Morgan fingerprint density at radius 1 is 1.21 bits per heavy atom. The van der Waals surface area contributed by atoms with E-state index in [9.17, 15) is 0 Å². The van der Waals surface area contributed by atoms with Crippen LogP contribution in [-0.2, 0) is 0 Å². The first-order valence-corrected chi connectivity index (χ1v) is 6.90. The van der Waals surface area contributed by atoms with Crippen molar-refractivity contribution in [3.63, 3.8) is 0 Å². The fourth-order valence-electron chi connectivity index (χ4n) is 1.96. The summed E-state index contributed by atoms with van der Waals surface area (Å²) >= 11 is 7.86. The van der Waals surface area contributed by atoms with E-state index in [1.54, 1.807) is 11.3 Å². The molecule has 1 atom stereocenters. The van der Waals surface area contributed by atoms with Gasteiger partial charge < -0.3 is 5.73 Å². The molecule has 0 aliphatic rings. The summed E-state index contributed by atoms with van der Waals surface area (Å²) in [5.74, 6) is 0. The molecule has 3 rings (SSSR count). The van der Waals surface area contributed by atoms with E-state index < -0.39 is 0 Å². The van der Waals surface area contributed by atoms with Gasteiger partial charge in [0.05, 0.1) is 11.6 Å². The molecule has 0 aliphatic heterocycles. The van der Waals surface area contributed by atoms with Crippen LogP contribution in [0.25, 0.3) is 10.9 Å². The molecule has 0 amide bonds. The van der Waals surface area contributed by atoms with Crippen molar-refractivity contribution in [2.24, 2.45) is 5.73 Å². The summed E-state index contributed by atoms with van der Waals surface area (Å²) in [4.78, 5) is 4.40. The normalized spacial score (nSPS) is 12.1. The van der Waals surface area contributed by atoms with Gasteiger partial charge in [0.1, 0.15) is 5.15 Å². The highest BCUT2D eigenvalue weighted by Gasteiger charge is 2.14. The van der Waals surface area contributed by atoms with Crippen LogP contribution >= 0.6 is 35.3 Å². The lowest BCUT2D eigenvalue weighted by Crippen LogP contribution is -2.12. The number of benzene rings is 1. The number of hydrogen-bond acceptors (Lipinski definition) is 3. The first kappa shape index (κ1) is 14.3. The molecule has 0 saturated carbocycles. The molecule has 0 aliphatic carbocycles. The van der Waals surface area contributed by atoms with Crippen LogP contribution in [0.15, 0.2) is 47.2 Å². The van der Waals surface area contributed by atoms with Gasteiger partial charge in [0.25, 0.3) is 0 Å². The zero-order valence-corrected chi connectivity index (χ0v) is 12.3. The van der Waals surface area contributed by atoms with E-state index in [0.29, 0.717) is 5.15 Å². The second-order valence-electron chi connectivity index (χ2n) is 4.10. The lowest BCUT2D eigenvalue weighted by molar-refractivity contribution is 0.872. The monoisotopic (exact) mass is 310 g/mol. The summed E-state index contributed by atoms with van der Waals surface area (Å²) in [7, 11) is 0. The van der Waals surface area contributed by atoms with E-state index in [0.717, 1.165) is 22.0 Å². The van der Waals surface area contributed by atoms with Crippen LogP contribution in [-0.4, -0.2) is 4.98 Å². The summed E-state index contributed by atoms with van der Waals surface area (Å²) in [5.41, 5.74) is 9.06. The van der Waals surface area contributed by atoms with Gasteiger partial charge in [0.15, 0.2) is 0 Å². The first-order chi connectivity index (χ1) is 8.75. The van der Waals surface area contributed by atoms with Crippen molar-refractivity contribution < 1.29 is 0 Å². The number of pyridine rings is 1. The number of thiophene rings is 1. The summed E-state index contributed by atoms with van der Waals surface area (Å²) in [6, 6.07) is 11.7. The number of rotatable bonds is 2. The molecule has 2 N–H and O–H groups in total. The lowest BCUT2D eigenvalue weighted by Gasteiger charge is -2.12. The van der Waals surface area contributed by atoms with Crippen molar-refractivity contribution >= 4 is 46.2 Å². The van der Waals surface area contributed by atoms with Gasteiger partial charge in [-0.15, -0.1) is 12.4 Å². The van der Waals surface area contributed by atoms with Crippen molar-refractivity contribution in [2.75, 3.05) is 0 Å². The molecule has 0 radical (unpaired) electrons. The van der Waals surface area contributed by atoms with E-state index in [-0.39, 0.29) is 18.4 Å². The number of fused-ring (bicyclic) bond motifs is 1. The number of nitrogens with zero attached hydrogens (tertiary/aromatic N) is 1. The first-order valence-electron chi connectivity index (χ1n) is 5.58. The summed E-state index contributed by atoms with van der Waals surface area (Å²) in [6.45, 7) is 0. The molecule has 0 spiro atoms. The van der Waals surface area contributed by atoms with Gasteiger partial charge in [-0.25, -0.2) is 4.98 Å².